The molecule has 0 saturated carbocycles. The summed E-state index contributed by atoms with van der Waals surface area (Å²) in [6.45, 7) is 1.19. The first kappa shape index (κ1) is 59.3. The molecule has 0 amide bonds. The van der Waals surface area contributed by atoms with E-state index in [9.17, 15) is 4.79 Å². The van der Waals surface area contributed by atoms with E-state index in [1.54, 1.807) is 0 Å². The van der Waals surface area contributed by atoms with Gasteiger partial charge >= 0.3 is 5.97 Å². The molecule has 0 aliphatic carbocycles. The van der Waals surface area contributed by atoms with Crippen LogP contribution in [0.15, 0.2) is 0 Å². The highest BCUT2D eigenvalue weighted by atomic mass is 35.5. The minimum Gasteiger partial charge on any atom is -0.481 e. The van der Waals surface area contributed by atoms with Crippen molar-refractivity contribution in [2.45, 2.75) is 50.5 Å². The molecule has 0 saturated heterocycles. The van der Waals surface area contributed by atoms with Crippen molar-refractivity contribution in [2.24, 2.45) is 0 Å². The lowest BCUT2D eigenvalue weighted by Gasteiger charge is -2.08. The number of carbonyl (C=O) groups excluding carboxylic acids is 1. The molecular weight excluding hydrogens is 756 g/mol. The number of alkyl halides is 8. The molecule has 13 nitrogen and oxygen atoms in total. The molecule has 43 heavy (non-hydrogen) atoms. The number of ether oxygens (including phenoxy) is 1. The molecule has 21 heteroatoms. The highest BCUT2D eigenvalue weighted by molar-refractivity contribution is 6.22. The van der Waals surface area contributed by atoms with Gasteiger partial charge in [0.05, 0.1) is 74.4 Å². The van der Waals surface area contributed by atoms with Gasteiger partial charge in [-0.05, 0) is 0 Å². The van der Waals surface area contributed by atoms with E-state index in [0.717, 1.165) is 6.92 Å². The number of esters is 1. The number of hydrogen-bond donors (Lipinski definition) is 10. The number of aliphatic hydroxyl groups excluding tert-OH is 9. The molecule has 0 fully saturated rings. The summed E-state index contributed by atoms with van der Waals surface area (Å²) < 4.78 is 4.65. The van der Waals surface area contributed by atoms with Crippen LogP contribution in [0, 0.1) is 0 Å². The van der Waals surface area contributed by atoms with Gasteiger partial charge in [-0.25, -0.2) is 0 Å². The van der Waals surface area contributed by atoms with Crippen molar-refractivity contribution in [3.63, 3.8) is 0 Å². The van der Waals surface area contributed by atoms with Crippen molar-refractivity contribution < 1.29 is 65.4 Å². The molecule has 0 heterocycles. The predicted molar refractivity (Wildman–Crippen MR) is 173 cm³/mol. The lowest BCUT2D eigenvalue weighted by atomic mass is 10.4. The quantitative estimate of drug-likeness (QED) is 0.0909. The van der Waals surface area contributed by atoms with Gasteiger partial charge in [-0.15, -0.1) is 92.8 Å². The zero-order chi connectivity index (χ0) is 35.8. The smallest absolute Gasteiger partial charge is 0.302 e. The van der Waals surface area contributed by atoms with E-state index >= 15 is 0 Å². The van der Waals surface area contributed by atoms with Gasteiger partial charge < -0.3 is 55.8 Å². The Morgan fingerprint density at radius 1 is 0.488 bits per heavy atom. The first-order chi connectivity index (χ1) is 20.0. The van der Waals surface area contributed by atoms with Gasteiger partial charge in [-0.1, -0.05) is 0 Å². The van der Waals surface area contributed by atoms with Crippen molar-refractivity contribution in [1.29, 1.82) is 0 Å². The molecule has 0 bridgehead atoms. The fourth-order valence-corrected chi connectivity index (χ4v) is 1.89. The lowest BCUT2D eigenvalue weighted by molar-refractivity contribution is -0.144. The first-order valence-corrected chi connectivity index (χ1v) is 15.9. The van der Waals surface area contributed by atoms with Crippen molar-refractivity contribution in [3.05, 3.63) is 0 Å². The van der Waals surface area contributed by atoms with Crippen LogP contribution in [0.4, 0.5) is 0 Å². The minimum absolute atomic E-state index is 0.108. The van der Waals surface area contributed by atoms with Crippen molar-refractivity contribution in [1.82, 2.24) is 0 Å². The fraction of sp³-hybridized carbons (Fsp3) is 0.909. The Morgan fingerprint density at radius 3 is 0.721 bits per heavy atom. The third-order valence-electron chi connectivity index (χ3n) is 2.59. The van der Waals surface area contributed by atoms with E-state index < -0.39 is 36.5 Å². The van der Waals surface area contributed by atoms with E-state index in [4.69, 9.17) is 149 Å². The molecule has 0 rings (SSSR count). The average Bonchev–Trinajstić information content (AvgIpc) is 3.02. The number of carboxylic acids is 1. The van der Waals surface area contributed by atoms with E-state index in [2.05, 4.69) is 4.74 Å². The summed E-state index contributed by atoms with van der Waals surface area (Å²) in [6, 6.07) is 0. The Labute approximate surface area is 292 Å². The van der Waals surface area contributed by atoms with Crippen molar-refractivity contribution in [2.75, 3.05) is 73.5 Å². The van der Waals surface area contributed by atoms with Gasteiger partial charge in [0.1, 0.15) is 12.2 Å². The third kappa shape index (κ3) is 85.9. The van der Waals surface area contributed by atoms with Gasteiger partial charge in [0.25, 0.3) is 5.97 Å². The van der Waals surface area contributed by atoms with Gasteiger partial charge in [-0.3, -0.25) is 9.59 Å². The molecule has 2 unspecified atom stereocenters. The summed E-state index contributed by atoms with van der Waals surface area (Å²) >= 11 is 41.3. The van der Waals surface area contributed by atoms with Crippen LogP contribution in [-0.4, -0.2) is 173 Å². The second-order valence-electron chi connectivity index (χ2n) is 6.98. The fourth-order valence-electron chi connectivity index (χ4n) is 0.577. The van der Waals surface area contributed by atoms with Crippen LogP contribution in [0.25, 0.3) is 0 Å². The molecule has 0 aliphatic rings. The predicted octanol–water partition coefficient (Wildman–Crippen LogP) is 0.625. The zero-order valence-corrected chi connectivity index (χ0v) is 29.7. The molecule has 0 aliphatic heterocycles. The number of carbonyl (C=O) groups is 2. The largest absolute Gasteiger partial charge is 0.481 e. The molecule has 2 atom stereocenters. The van der Waals surface area contributed by atoms with E-state index in [1.807, 2.05) is 0 Å². The van der Waals surface area contributed by atoms with E-state index in [0.29, 0.717) is 0 Å². The number of halogens is 8. The van der Waals surface area contributed by atoms with Crippen LogP contribution in [-0.2, 0) is 14.3 Å². The van der Waals surface area contributed by atoms with Crippen molar-refractivity contribution in [3.8, 4) is 0 Å². The molecule has 0 aromatic carbocycles. The Balaban J connectivity index is -0.0000000711. The van der Waals surface area contributed by atoms with Crippen LogP contribution in [0.5, 0.6) is 0 Å². The second kappa shape index (κ2) is 52.4. The molecular formula is C22H46Cl8O13. The summed E-state index contributed by atoms with van der Waals surface area (Å²) in [7, 11) is 0. The Bertz CT molecular complexity index is 436. The molecule has 0 aromatic heterocycles. The van der Waals surface area contributed by atoms with E-state index in [-0.39, 0.29) is 85.5 Å². The zero-order valence-electron chi connectivity index (χ0n) is 23.7. The first-order valence-electron chi connectivity index (χ1n) is 11.7. The second-order valence-corrected chi connectivity index (χ2v) is 9.45. The SMILES string of the molecule is CC(=O)O.CC(=O)OC(CCl)CCl.OC(CCl)CCl.OC(CCl)CCl.OCC(O)CCl.OCC(O)CCl.OCC(O)CO. The summed E-state index contributed by atoms with van der Waals surface area (Å²) in [5, 5.41) is 80.8. The maximum Gasteiger partial charge on any atom is 0.302 e. The number of aliphatic carboxylic acids is 1. The maximum atomic E-state index is 10.2. The topological polar surface area (TPSA) is 246 Å². The van der Waals surface area contributed by atoms with E-state index in [1.165, 1.54) is 6.92 Å². The standard InChI is InChI=1S/C5H8Cl2O2.2C3H6Cl2O.2C3H7ClO2.C3H8O3.C2H4O2/c1-4(8)9-5(2-6)3-7;5*4-1-3(6)2-5;1-2(3)4/h5H,2-3H2,1H3;2*3,6H,1-2H2;2*3,5-6H,1-2H2;3-6H,1-2H2;1H3,(H,3,4). The number of rotatable bonds is 13. The van der Waals surface area contributed by atoms with Gasteiger partial charge in [0.15, 0.2) is 0 Å². The van der Waals surface area contributed by atoms with Crippen LogP contribution < -0.4 is 0 Å². The Hall–Kier alpha value is 0.900. The average molecular weight is 802 g/mol. The summed E-state index contributed by atoms with van der Waals surface area (Å²) in [5.41, 5.74) is 0. The molecule has 0 aromatic rings. The third-order valence-corrected chi connectivity index (χ3v) is 5.41. The number of hydrogen-bond acceptors (Lipinski definition) is 12. The minimum atomic E-state index is -0.954. The van der Waals surface area contributed by atoms with Gasteiger partial charge in [0.2, 0.25) is 0 Å². The highest BCUT2D eigenvalue weighted by Crippen LogP contribution is 1.98. The Morgan fingerprint density at radius 2 is 0.698 bits per heavy atom. The Kier molecular flexibility index (Phi) is 72.4. The van der Waals surface area contributed by atoms with Gasteiger partial charge in [-0.2, -0.15) is 0 Å². The summed E-state index contributed by atoms with van der Waals surface area (Å²) in [6.07, 6.45) is -3.85. The molecule has 0 spiro atoms. The maximum absolute atomic E-state index is 10.2. The molecule has 268 valence electrons. The van der Waals surface area contributed by atoms with Crippen LogP contribution in [0.3, 0.4) is 0 Å². The molecule has 0 radical (unpaired) electrons. The number of aliphatic hydroxyl groups is 9. The van der Waals surface area contributed by atoms with Crippen LogP contribution in [0.1, 0.15) is 13.8 Å². The van der Waals surface area contributed by atoms with Gasteiger partial charge in [0, 0.05) is 37.4 Å². The summed E-state index contributed by atoms with van der Waals surface area (Å²) in [4.78, 5) is 19.2. The lowest BCUT2D eigenvalue weighted by Crippen LogP contribution is -2.19. The number of carboxylic acid groups (broad SMARTS) is 1. The van der Waals surface area contributed by atoms with Crippen molar-refractivity contribution >= 4 is 105 Å². The normalized spacial score (nSPS) is 10.9. The monoisotopic (exact) mass is 798 g/mol. The summed E-state index contributed by atoms with van der Waals surface area (Å²) in [5.74, 6) is 0.445. The highest BCUT2D eigenvalue weighted by Gasteiger charge is 2.07. The molecule has 10 N–H and O–H groups in total. The van der Waals surface area contributed by atoms with Crippen LogP contribution >= 0.6 is 92.8 Å². The van der Waals surface area contributed by atoms with Crippen LogP contribution in [0.2, 0.25) is 0 Å².